The summed E-state index contributed by atoms with van der Waals surface area (Å²) in [6.45, 7) is -0.387. The third kappa shape index (κ3) is 2.89. The number of hydrogen-bond acceptors (Lipinski definition) is 7. The van der Waals surface area contributed by atoms with Crippen LogP contribution in [-0.2, 0) is 4.74 Å². The third-order valence-corrected chi connectivity index (χ3v) is 4.41. The SMILES string of the molecule is OC[C@H]1O[C@@H](n2cnc3c(C=Cc4ccccc4)ncnc32)[C@H](O)[C@@H]1O. The normalized spacial score (nSPS) is 26.1. The monoisotopic (exact) mass is 354 g/mol. The van der Waals surface area contributed by atoms with E-state index in [9.17, 15) is 15.3 Å². The van der Waals surface area contributed by atoms with E-state index in [0.717, 1.165) is 5.56 Å². The van der Waals surface area contributed by atoms with Crippen LogP contribution in [0.5, 0.6) is 0 Å². The van der Waals surface area contributed by atoms with Crippen molar-refractivity contribution >= 4 is 23.3 Å². The second-order valence-corrected chi connectivity index (χ2v) is 6.06. The van der Waals surface area contributed by atoms with Gasteiger partial charge in [0, 0.05) is 0 Å². The Balaban J connectivity index is 1.69. The van der Waals surface area contributed by atoms with Gasteiger partial charge in [-0.1, -0.05) is 36.4 Å². The molecule has 8 heteroatoms. The predicted molar refractivity (Wildman–Crippen MR) is 93.7 cm³/mol. The molecule has 1 fully saturated rings. The smallest absolute Gasteiger partial charge is 0.166 e. The van der Waals surface area contributed by atoms with Crippen molar-refractivity contribution in [3.8, 4) is 0 Å². The highest BCUT2D eigenvalue weighted by Gasteiger charge is 2.43. The molecule has 3 N–H and O–H groups in total. The Hall–Kier alpha value is -2.65. The Morgan fingerprint density at radius 3 is 2.58 bits per heavy atom. The van der Waals surface area contributed by atoms with Gasteiger partial charge in [0.05, 0.1) is 18.6 Å². The van der Waals surface area contributed by atoms with Crippen molar-refractivity contribution in [1.29, 1.82) is 0 Å². The van der Waals surface area contributed by atoms with Gasteiger partial charge < -0.3 is 20.1 Å². The fourth-order valence-corrected chi connectivity index (χ4v) is 3.03. The zero-order chi connectivity index (χ0) is 18.1. The van der Waals surface area contributed by atoms with Gasteiger partial charge in [0.2, 0.25) is 0 Å². The number of aromatic nitrogens is 4. The summed E-state index contributed by atoms with van der Waals surface area (Å²) in [5.41, 5.74) is 2.69. The summed E-state index contributed by atoms with van der Waals surface area (Å²) in [5.74, 6) is 0. The molecular weight excluding hydrogens is 336 g/mol. The number of benzene rings is 1. The maximum absolute atomic E-state index is 10.2. The van der Waals surface area contributed by atoms with Gasteiger partial charge >= 0.3 is 0 Å². The first-order chi connectivity index (χ1) is 12.7. The first-order valence-electron chi connectivity index (χ1n) is 8.22. The molecule has 0 aliphatic carbocycles. The third-order valence-electron chi connectivity index (χ3n) is 4.41. The van der Waals surface area contributed by atoms with Crippen LogP contribution < -0.4 is 0 Å². The highest BCUT2D eigenvalue weighted by Crippen LogP contribution is 2.31. The number of aliphatic hydroxyl groups excluding tert-OH is 3. The Labute approximate surface area is 149 Å². The van der Waals surface area contributed by atoms with Crippen LogP contribution in [0.2, 0.25) is 0 Å². The fourth-order valence-electron chi connectivity index (χ4n) is 3.03. The van der Waals surface area contributed by atoms with E-state index in [0.29, 0.717) is 16.9 Å². The number of imidazole rings is 1. The summed E-state index contributed by atoms with van der Waals surface area (Å²) in [6.07, 6.45) is 2.55. The Kier molecular flexibility index (Phi) is 4.48. The average molecular weight is 354 g/mol. The molecule has 0 radical (unpaired) electrons. The van der Waals surface area contributed by atoms with E-state index >= 15 is 0 Å². The Morgan fingerprint density at radius 2 is 1.85 bits per heavy atom. The fraction of sp³-hybridized carbons (Fsp3) is 0.278. The zero-order valence-corrected chi connectivity index (χ0v) is 13.8. The molecule has 26 heavy (non-hydrogen) atoms. The van der Waals surface area contributed by atoms with Crippen LogP contribution in [0, 0.1) is 0 Å². The molecule has 1 saturated heterocycles. The van der Waals surface area contributed by atoms with Gasteiger partial charge in [-0.2, -0.15) is 0 Å². The number of fused-ring (bicyclic) bond motifs is 1. The molecule has 3 heterocycles. The van der Waals surface area contributed by atoms with Gasteiger partial charge in [0.15, 0.2) is 11.9 Å². The Morgan fingerprint density at radius 1 is 1.04 bits per heavy atom. The predicted octanol–water partition coefficient (Wildman–Crippen LogP) is 0.608. The van der Waals surface area contributed by atoms with Gasteiger partial charge in [-0.3, -0.25) is 4.57 Å². The van der Waals surface area contributed by atoms with E-state index < -0.39 is 24.5 Å². The van der Waals surface area contributed by atoms with Crippen molar-refractivity contribution in [2.75, 3.05) is 6.61 Å². The molecule has 0 saturated carbocycles. The van der Waals surface area contributed by atoms with Crippen molar-refractivity contribution in [2.24, 2.45) is 0 Å². The summed E-state index contributed by atoms with van der Waals surface area (Å²) in [6, 6.07) is 9.81. The lowest BCUT2D eigenvalue weighted by atomic mass is 10.1. The van der Waals surface area contributed by atoms with E-state index in [2.05, 4.69) is 15.0 Å². The van der Waals surface area contributed by atoms with Crippen LogP contribution in [0.1, 0.15) is 17.5 Å². The minimum absolute atomic E-state index is 0.387. The maximum Gasteiger partial charge on any atom is 0.166 e. The maximum atomic E-state index is 10.2. The van der Waals surface area contributed by atoms with E-state index in [4.69, 9.17) is 4.74 Å². The molecule has 3 aromatic rings. The first kappa shape index (κ1) is 16.8. The van der Waals surface area contributed by atoms with E-state index in [1.165, 1.54) is 12.7 Å². The highest BCUT2D eigenvalue weighted by molar-refractivity contribution is 5.84. The van der Waals surface area contributed by atoms with Crippen molar-refractivity contribution in [1.82, 2.24) is 19.5 Å². The molecule has 1 aliphatic heterocycles. The number of nitrogens with zero attached hydrogens (tertiary/aromatic N) is 4. The van der Waals surface area contributed by atoms with Crippen LogP contribution in [0.3, 0.4) is 0 Å². The van der Waals surface area contributed by atoms with Crippen molar-refractivity contribution in [3.63, 3.8) is 0 Å². The van der Waals surface area contributed by atoms with Gasteiger partial charge in [0.1, 0.15) is 30.2 Å². The first-order valence-corrected chi connectivity index (χ1v) is 8.22. The second kappa shape index (κ2) is 6.93. The second-order valence-electron chi connectivity index (χ2n) is 6.06. The minimum Gasteiger partial charge on any atom is -0.394 e. The molecule has 0 spiro atoms. The van der Waals surface area contributed by atoms with Crippen LogP contribution in [-0.4, -0.2) is 59.8 Å². The number of ether oxygens (including phenoxy) is 1. The summed E-state index contributed by atoms with van der Waals surface area (Å²) >= 11 is 0. The van der Waals surface area contributed by atoms with E-state index in [-0.39, 0.29) is 6.61 Å². The van der Waals surface area contributed by atoms with Crippen LogP contribution in [0.15, 0.2) is 43.0 Å². The molecule has 1 aliphatic rings. The largest absolute Gasteiger partial charge is 0.394 e. The molecule has 0 unspecified atom stereocenters. The molecule has 134 valence electrons. The molecule has 0 amide bonds. The van der Waals surface area contributed by atoms with Crippen molar-refractivity contribution < 1.29 is 20.1 Å². The van der Waals surface area contributed by atoms with Crippen LogP contribution in [0.4, 0.5) is 0 Å². The molecular formula is C18H18N4O4. The highest BCUT2D eigenvalue weighted by atomic mass is 16.6. The number of rotatable bonds is 4. The van der Waals surface area contributed by atoms with E-state index in [1.807, 2.05) is 42.5 Å². The summed E-state index contributed by atoms with van der Waals surface area (Å²) in [5, 5.41) is 29.4. The lowest BCUT2D eigenvalue weighted by molar-refractivity contribution is -0.0511. The summed E-state index contributed by atoms with van der Waals surface area (Å²) in [7, 11) is 0. The van der Waals surface area contributed by atoms with Gasteiger partial charge in [-0.25, -0.2) is 15.0 Å². The summed E-state index contributed by atoms with van der Waals surface area (Å²) < 4.78 is 7.09. The van der Waals surface area contributed by atoms with Gasteiger partial charge in [-0.15, -0.1) is 0 Å². The topological polar surface area (TPSA) is 114 Å². The minimum atomic E-state index is -1.19. The van der Waals surface area contributed by atoms with Gasteiger partial charge in [0.25, 0.3) is 0 Å². The van der Waals surface area contributed by atoms with Crippen molar-refractivity contribution in [2.45, 2.75) is 24.5 Å². The lowest BCUT2D eigenvalue weighted by Gasteiger charge is -2.16. The zero-order valence-electron chi connectivity index (χ0n) is 13.8. The quantitative estimate of drug-likeness (QED) is 0.629. The van der Waals surface area contributed by atoms with E-state index in [1.54, 1.807) is 4.57 Å². The van der Waals surface area contributed by atoms with Gasteiger partial charge in [-0.05, 0) is 11.6 Å². The molecule has 2 aromatic heterocycles. The molecule has 4 rings (SSSR count). The number of aliphatic hydroxyl groups is 3. The lowest BCUT2D eigenvalue weighted by Crippen LogP contribution is -2.33. The molecule has 0 bridgehead atoms. The molecule has 1 aromatic carbocycles. The number of hydrogen-bond donors (Lipinski definition) is 3. The molecule has 8 nitrogen and oxygen atoms in total. The van der Waals surface area contributed by atoms with Crippen LogP contribution >= 0.6 is 0 Å². The van der Waals surface area contributed by atoms with Crippen LogP contribution in [0.25, 0.3) is 23.3 Å². The van der Waals surface area contributed by atoms with Crippen molar-refractivity contribution in [3.05, 3.63) is 54.2 Å². The Bertz CT molecular complexity index is 927. The standard InChI is InChI=1S/C18H18N4O4/c23-8-13-15(24)16(25)18(26-13)22-10-21-14-12(19-9-20-17(14)22)7-6-11-4-2-1-3-5-11/h1-7,9-10,13,15-16,18,23-25H,8H2/t13-,15-,16-,18-/m1/s1. The molecule has 4 atom stereocenters. The average Bonchev–Trinajstić information content (AvgIpc) is 3.23. The summed E-state index contributed by atoms with van der Waals surface area (Å²) in [4.78, 5) is 12.8.